The molecule has 0 unspecified atom stereocenters. The van der Waals surface area contributed by atoms with Crippen LogP contribution in [-0.2, 0) is 17.2 Å². The van der Waals surface area contributed by atoms with Crippen LogP contribution in [0.1, 0.15) is 17.0 Å². The molecule has 8 heteroatoms. The zero-order valence-corrected chi connectivity index (χ0v) is 18.0. The highest BCUT2D eigenvalue weighted by molar-refractivity contribution is 8.03. The van der Waals surface area contributed by atoms with Crippen LogP contribution in [0.25, 0.3) is 16.3 Å². The minimum Gasteiger partial charge on any atom is -0.748 e. The highest BCUT2D eigenvalue weighted by Gasteiger charge is 2.26. The summed E-state index contributed by atoms with van der Waals surface area (Å²) in [4.78, 5) is 3.25. The number of hydrogen-bond donors (Lipinski definition) is 0. The van der Waals surface area contributed by atoms with Crippen molar-refractivity contribution in [2.45, 2.75) is 18.2 Å². The SMILES string of the molecule is Cc1ccc2c(c1)sc(/C=C1\Sc3ccccc3N1CCCS(=O)(=O)[O-])[n+]2C. The number of nitrogens with zero attached hydrogens (tertiary/aromatic N) is 2. The second kappa shape index (κ2) is 7.51. The molecule has 0 bridgehead atoms. The molecule has 1 aliphatic rings. The molecular weight excluding hydrogens is 412 g/mol. The molecule has 1 aromatic heterocycles. The number of aromatic nitrogens is 1. The van der Waals surface area contributed by atoms with Gasteiger partial charge in [-0.3, -0.25) is 0 Å². The summed E-state index contributed by atoms with van der Waals surface area (Å²) in [5.74, 6) is -0.348. The molecule has 0 saturated carbocycles. The minimum absolute atomic E-state index is 0.301. The van der Waals surface area contributed by atoms with Gasteiger partial charge in [0.25, 0.3) is 5.01 Å². The standard InChI is InChI=1S/C20H20N2O3S3/c1-14-8-9-15-18(12-14)27-19(21(15)2)13-20-22(10-5-11-28(23,24)25)16-6-3-4-7-17(16)26-20/h3-4,6-9,12-13H,5,10-11H2,1-2H3. The summed E-state index contributed by atoms with van der Waals surface area (Å²) in [6.45, 7) is 2.58. The molecular formula is C20H20N2O3S3. The third-order valence-corrected chi connectivity index (χ3v) is 7.73. The van der Waals surface area contributed by atoms with Crippen LogP contribution in [0.15, 0.2) is 52.4 Å². The van der Waals surface area contributed by atoms with Gasteiger partial charge in [-0.1, -0.05) is 41.3 Å². The highest BCUT2D eigenvalue weighted by Crippen LogP contribution is 2.46. The maximum absolute atomic E-state index is 11.0. The molecule has 0 spiro atoms. The lowest BCUT2D eigenvalue weighted by molar-refractivity contribution is -0.642. The summed E-state index contributed by atoms with van der Waals surface area (Å²) in [6, 6.07) is 14.5. The lowest BCUT2D eigenvalue weighted by atomic mass is 10.2. The maximum Gasteiger partial charge on any atom is 0.265 e. The van der Waals surface area contributed by atoms with Gasteiger partial charge in [-0.15, -0.1) is 0 Å². The Labute approximate surface area is 173 Å². The van der Waals surface area contributed by atoms with Crippen molar-refractivity contribution in [2.24, 2.45) is 7.05 Å². The summed E-state index contributed by atoms with van der Waals surface area (Å²) >= 11 is 3.41. The molecule has 0 atom stereocenters. The van der Waals surface area contributed by atoms with Crippen LogP contribution in [0.4, 0.5) is 5.69 Å². The number of aryl methyl sites for hydroxylation is 2. The summed E-state index contributed by atoms with van der Waals surface area (Å²) in [7, 11) is -2.15. The van der Waals surface area contributed by atoms with Crippen molar-refractivity contribution in [3.63, 3.8) is 0 Å². The molecule has 0 N–H and O–H groups in total. The normalized spacial score (nSPS) is 15.5. The van der Waals surface area contributed by atoms with Crippen molar-refractivity contribution >= 4 is 55.2 Å². The number of rotatable bonds is 5. The average molecular weight is 433 g/mol. The smallest absolute Gasteiger partial charge is 0.265 e. The molecule has 28 heavy (non-hydrogen) atoms. The Hall–Kier alpha value is -1.87. The molecule has 146 valence electrons. The third-order valence-electron chi connectivity index (χ3n) is 4.68. The monoisotopic (exact) mass is 432 g/mol. The van der Waals surface area contributed by atoms with Crippen molar-refractivity contribution in [3.8, 4) is 0 Å². The number of fused-ring (bicyclic) bond motifs is 2. The maximum atomic E-state index is 11.0. The van der Waals surface area contributed by atoms with Gasteiger partial charge in [0.15, 0.2) is 0 Å². The quantitative estimate of drug-likeness (QED) is 0.452. The third kappa shape index (κ3) is 3.96. The van der Waals surface area contributed by atoms with E-state index >= 15 is 0 Å². The lowest BCUT2D eigenvalue weighted by Gasteiger charge is -2.20. The van der Waals surface area contributed by atoms with Crippen molar-refractivity contribution in [2.75, 3.05) is 17.2 Å². The van der Waals surface area contributed by atoms with Gasteiger partial charge in [0, 0.05) is 23.3 Å². The Bertz CT molecular complexity index is 1180. The summed E-state index contributed by atoms with van der Waals surface area (Å²) in [5, 5.41) is 2.17. The van der Waals surface area contributed by atoms with E-state index in [0.29, 0.717) is 13.0 Å². The van der Waals surface area contributed by atoms with E-state index in [2.05, 4.69) is 53.8 Å². The number of para-hydroxylation sites is 1. The first-order valence-electron chi connectivity index (χ1n) is 8.91. The van der Waals surface area contributed by atoms with Crippen molar-refractivity contribution < 1.29 is 17.5 Å². The predicted molar refractivity (Wildman–Crippen MR) is 115 cm³/mol. The van der Waals surface area contributed by atoms with Crippen LogP contribution in [-0.4, -0.2) is 25.3 Å². The molecule has 0 aliphatic carbocycles. The minimum atomic E-state index is -4.20. The Balaban J connectivity index is 1.70. The average Bonchev–Trinajstić information content (AvgIpc) is 3.12. The van der Waals surface area contributed by atoms with Crippen LogP contribution in [0, 0.1) is 6.92 Å². The highest BCUT2D eigenvalue weighted by atomic mass is 32.2. The van der Waals surface area contributed by atoms with Crippen molar-refractivity contribution in [1.82, 2.24) is 0 Å². The molecule has 0 radical (unpaired) electrons. The molecule has 2 heterocycles. The van der Waals surface area contributed by atoms with Gasteiger partial charge in [-0.2, -0.15) is 4.57 Å². The molecule has 0 saturated heterocycles. The van der Waals surface area contributed by atoms with Gasteiger partial charge >= 0.3 is 0 Å². The van der Waals surface area contributed by atoms with Gasteiger partial charge in [-0.25, -0.2) is 8.42 Å². The first-order valence-corrected chi connectivity index (χ1v) is 12.1. The van der Waals surface area contributed by atoms with Gasteiger partial charge in [0.2, 0.25) is 5.52 Å². The molecule has 0 fully saturated rings. The van der Waals surface area contributed by atoms with E-state index in [1.807, 2.05) is 18.2 Å². The van der Waals surface area contributed by atoms with E-state index < -0.39 is 10.1 Å². The van der Waals surface area contributed by atoms with Crippen LogP contribution >= 0.6 is 23.1 Å². The Kier molecular flexibility index (Phi) is 5.22. The van der Waals surface area contributed by atoms with E-state index in [1.54, 1.807) is 23.1 Å². The first kappa shape index (κ1) is 19.4. The Morgan fingerprint density at radius 1 is 1.21 bits per heavy atom. The topological polar surface area (TPSA) is 64.3 Å². The summed E-state index contributed by atoms with van der Waals surface area (Å²) < 4.78 is 36.4. The van der Waals surface area contributed by atoms with Gasteiger partial charge in [0.1, 0.15) is 11.7 Å². The number of benzene rings is 2. The van der Waals surface area contributed by atoms with Crippen molar-refractivity contribution in [3.05, 3.63) is 58.1 Å². The van der Waals surface area contributed by atoms with E-state index in [1.165, 1.54) is 15.8 Å². The second-order valence-corrected chi connectivity index (χ2v) is 10.4. The van der Waals surface area contributed by atoms with Crippen LogP contribution in [0.2, 0.25) is 0 Å². The molecule has 3 aromatic rings. The first-order chi connectivity index (χ1) is 13.3. The molecule has 1 aliphatic heterocycles. The van der Waals surface area contributed by atoms with Crippen LogP contribution < -0.4 is 9.47 Å². The van der Waals surface area contributed by atoms with E-state index in [9.17, 15) is 13.0 Å². The van der Waals surface area contributed by atoms with E-state index in [0.717, 1.165) is 20.6 Å². The fourth-order valence-corrected chi connectivity index (χ4v) is 6.17. The predicted octanol–water partition coefficient (Wildman–Crippen LogP) is 3.88. The Morgan fingerprint density at radius 3 is 2.79 bits per heavy atom. The van der Waals surface area contributed by atoms with Crippen molar-refractivity contribution in [1.29, 1.82) is 0 Å². The van der Waals surface area contributed by atoms with Crippen LogP contribution in [0.3, 0.4) is 0 Å². The van der Waals surface area contributed by atoms with Gasteiger partial charge in [-0.05, 0) is 37.1 Å². The summed E-state index contributed by atoms with van der Waals surface area (Å²) in [6.07, 6.45) is 2.45. The molecule has 2 aromatic carbocycles. The molecule has 4 rings (SSSR count). The lowest BCUT2D eigenvalue weighted by Crippen LogP contribution is -2.29. The fraction of sp³-hybridized carbons (Fsp3) is 0.250. The number of thiazole rings is 1. The van der Waals surface area contributed by atoms with E-state index in [4.69, 9.17) is 0 Å². The van der Waals surface area contributed by atoms with Crippen LogP contribution in [0.5, 0.6) is 0 Å². The zero-order valence-electron chi connectivity index (χ0n) is 15.6. The van der Waals surface area contributed by atoms with E-state index in [-0.39, 0.29) is 5.75 Å². The summed E-state index contributed by atoms with van der Waals surface area (Å²) in [5.41, 5.74) is 3.48. The fourth-order valence-electron chi connectivity index (χ4n) is 3.30. The molecule has 5 nitrogen and oxygen atoms in total. The second-order valence-electron chi connectivity index (χ2n) is 6.79. The molecule has 0 amide bonds. The number of thioether (sulfide) groups is 1. The Morgan fingerprint density at radius 2 is 2.00 bits per heavy atom. The largest absolute Gasteiger partial charge is 0.748 e. The number of anilines is 1. The van der Waals surface area contributed by atoms with Gasteiger partial charge in [0.05, 0.1) is 26.9 Å². The van der Waals surface area contributed by atoms with Gasteiger partial charge < -0.3 is 9.45 Å². The zero-order chi connectivity index (χ0) is 19.9. The number of hydrogen-bond acceptors (Lipinski definition) is 6.